The van der Waals surface area contributed by atoms with Crippen LogP contribution in [0, 0.1) is 16.5 Å². The molecule has 1 heterocycles. The second kappa shape index (κ2) is 9.42. The molecule has 2 unspecified atom stereocenters. The van der Waals surface area contributed by atoms with Gasteiger partial charge in [0.25, 0.3) is 0 Å². The summed E-state index contributed by atoms with van der Waals surface area (Å²) in [6.45, 7) is 7.90. The molecule has 26 heavy (non-hydrogen) atoms. The highest BCUT2D eigenvalue weighted by atomic mass is 32.2. The number of nitrogens with zero attached hydrogens (tertiary/aromatic N) is 2. The van der Waals surface area contributed by atoms with Crippen molar-refractivity contribution < 1.29 is 8.78 Å². The second-order valence-electron chi connectivity index (χ2n) is 6.63. The molecule has 1 aromatic rings. The number of rotatable bonds is 6. The molecule has 0 aromatic heterocycles. The number of allylic oxidation sites excluding steroid dienone is 3. The predicted octanol–water partition coefficient (Wildman–Crippen LogP) is 6.32. The van der Waals surface area contributed by atoms with Crippen LogP contribution in [-0.4, -0.2) is 15.6 Å². The van der Waals surface area contributed by atoms with Crippen molar-refractivity contribution >= 4 is 11.9 Å². The van der Waals surface area contributed by atoms with Gasteiger partial charge in [-0.1, -0.05) is 35.4 Å². The van der Waals surface area contributed by atoms with Gasteiger partial charge in [-0.2, -0.15) is 4.91 Å². The Morgan fingerprint density at radius 3 is 2.69 bits per heavy atom. The van der Waals surface area contributed by atoms with Crippen LogP contribution >= 0.6 is 11.9 Å². The van der Waals surface area contributed by atoms with Gasteiger partial charge in [0.1, 0.15) is 17.7 Å². The van der Waals surface area contributed by atoms with Crippen molar-refractivity contribution in [2.45, 2.75) is 64.4 Å². The van der Waals surface area contributed by atoms with Crippen molar-refractivity contribution in [3.05, 3.63) is 63.6 Å². The summed E-state index contributed by atoms with van der Waals surface area (Å²) in [5, 5.41) is 3.11. The van der Waals surface area contributed by atoms with Gasteiger partial charge in [-0.15, -0.1) is 0 Å². The van der Waals surface area contributed by atoms with Crippen molar-refractivity contribution in [1.29, 1.82) is 0 Å². The fourth-order valence-electron chi connectivity index (χ4n) is 3.13. The number of benzene rings is 1. The zero-order valence-electron chi connectivity index (χ0n) is 15.7. The fourth-order valence-corrected chi connectivity index (χ4v) is 4.56. The van der Waals surface area contributed by atoms with Crippen LogP contribution in [0.1, 0.15) is 57.7 Å². The number of halogens is 2. The molecule has 0 saturated carbocycles. The first-order valence-electron chi connectivity index (χ1n) is 8.93. The van der Waals surface area contributed by atoms with Gasteiger partial charge in [0.05, 0.1) is 0 Å². The van der Waals surface area contributed by atoms with Crippen molar-refractivity contribution in [1.82, 2.24) is 4.31 Å². The van der Waals surface area contributed by atoms with Gasteiger partial charge >= 0.3 is 0 Å². The standard InChI is InChI=1S/C20H26F2N2OS/c1-5-7-15(6-2)20-9-8-13(3)24(26-20)12-16-10-19(22)17(11-18(16)21)14(4)23-25/h5-7,10-11,13-14,20H,8-9,12H2,1-4H3/b7-5-,15-6+/t13-,14?,20?/m0/s1. The molecule has 0 radical (unpaired) electrons. The molecule has 2 rings (SSSR count). The molecule has 0 amide bonds. The fraction of sp³-hybridized carbons (Fsp3) is 0.500. The topological polar surface area (TPSA) is 32.7 Å². The average molecular weight is 381 g/mol. The Labute approximate surface area is 158 Å². The third-order valence-electron chi connectivity index (χ3n) is 4.77. The van der Waals surface area contributed by atoms with E-state index in [9.17, 15) is 13.7 Å². The third kappa shape index (κ3) is 4.80. The summed E-state index contributed by atoms with van der Waals surface area (Å²) < 4.78 is 30.9. The van der Waals surface area contributed by atoms with Crippen LogP contribution in [0.3, 0.4) is 0 Å². The molecule has 1 saturated heterocycles. The smallest absolute Gasteiger partial charge is 0.129 e. The maximum atomic E-state index is 14.5. The minimum Gasteiger partial charge on any atom is -0.243 e. The van der Waals surface area contributed by atoms with Crippen LogP contribution in [0.2, 0.25) is 0 Å². The molecule has 3 nitrogen and oxygen atoms in total. The molecule has 6 heteroatoms. The van der Waals surface area contributed by atoms with Gasteiger partial charge in [-0.3, -0.25) is 0 Å². The molecule has 1 aliphatic heterocycles. The SMILES string of the molecule is C/C=C\C(=C/C)C1CC[C@H](C)N(Cc2cc(F)c(C(C)N=O)cc2F)S1. The van der Waals surface area contributed by atoms with Crippen LogP contribution in [-0.2, 0) is 6.54 Å². The maximum absolute atomic E-state index is 14.5. The van der Waals surface area contributed by atoms with E-state index in [1.165, 1.54) is 18.6 Å². The number of hydrogen-bond acceptors (Lipinski definition) is 4. The first kappa shape index (κ1) is 20.8. The van der Waals surface area contributed by atoms with Gasteiger partial charge in [-0.05, 0) is 58.2 Å². The van der Waals surface area contributed by atoms with Gasteiger partial charge in [0.2, 0.25) is 0 Å². The quantitative estimate of drug-likeness (QED) is 0.329. The van der Waals surface area contributed by atoms with Gasteiger partial charge in [0.15, 0.2) is 0 Å². The second-order valence-corrected chi connectivity index (χ2v) is 7.88. The van der Waals surface area contributed by atoms with Crippen molar-refractivity contribution in [2.24, 2.45) is 5.18 Å². The lowest BCUT2D eigenvalue weighted by atomic mass is 10.0. The molecular formula is C20H26F2N2OS. The van der Waals surface area contributed by atoms with E-state index in [1.54, 1.807) is 11.9 Å². The number of hydrogen-bond donors (Lipinski definition) is 0. The molecule has 1 fully saturated rings. The van der Waals surface area contributed by atoms with E-state index in [4.69, 9.17) is 0 Å². The minimum absolute atomic E-state index is 0.00255. The molecular weight excluding hydrogens is 354 g/mol. The normalized spacial score (nSPS) is 23.4. The summed E-state index contributed by atoms with van der Waals surface area (Å²) in [5.74, 6) is -1.07. The summed E-state index contributed by atoms with van der Waals surface area (Å²) in [4.78, 5) is 10.6. The first-order chi connectivity index (χ1) is 12.4. The zero-order chi connectivity index (χ0) is 19.3. The lowest BCUT2D eigenvalue weighted by Crippen LogP contribution is -2.34. The van der Waals surface area contributed by atoms with E-state index in [-0.39, 0.29) is 11.6 Å². The summed E-state index contributed by atoms with van der Waals surface area (Å²) in [7, 11) is 0. The Morgan fingerprint density at radius 1 is 1.35 bits per heavy atom. The lowest BCUT2D eigenvalue weighted by molar-refractivity contribution is 0.320. The average Bonchev–Trinajstić information content (AvgIpc) is 2.63. The van der Waals surface area contributed by atoms with E-state index in [2.05, 4.69) is 28.6 Å². The van der Waals surface area contributed by atoms with Crippen LogP contribution in [0.15, 0.2) is 41.1 Å². The molecule has 0 N–H and O–H groups in total. The highest BCUT2D eigenvalue weighted by Gasteiger charge is 2.28. The Hall–Kier alpha value is -1.53. The van der Waals surface area contributed by atoms with E-state index in [0.29, 0.717) is 17.4 Å². The van der Waals surface area contributed by atoms with Crippen molar-refractivity contribution in [3.63, 3.8) is 0 Å². The van der Waals surface area contributed by atoms with Crippen LogP contribution in [0.5, 0.6) is 0 Å². The van der Waals surface area contributed by atoms with E-state index < -0.39 is 17.7 Å². The van der Waals surface area contributed by atoms with Gasteiger partial charge in [-0.25, -0.2) is 13.1 Å². The van der Waals surface area contributed by atoms with Crippen LogP contribution in [0.4, 0.5) is 8.78 Å². The Bertz CT molecular complexity index is 705. The predicted molar refractivity (Wildman–Crippen MR) is 105 cm³/mol. The van der Waals surface area contributed by atoms with Crippen molar-refractivity contribution in [2.75, 3.05) is 0 Å². The molecule has 142 valence electrons. The zero-order valence-corrected chi connectivity index (χ0v) is 16.5. The molecule has 1 aliphatic rings. The molecule has 0 spiro atoms. The van der Waals surface area contributed by atoms with Crippen LogP contribution < -0.4 is 0 Å². The van der Waals surface area contributed by atoms with Gasteiger partial charge in [0, 0.05) is 29.0 Å². The van der Waals surface area contributed by atoms with E-state index in [1.807, 2.05) is 19.9 Å². The summed E-state index contributed by atoms with van der Waals surface area (Å²) in [6, 6.07) is 1.68. The van der Waals surface area contributed by atoms with Crippen molar-refractivity contribution in [3.8, 4) is 0 Å². The van der Waals surface area contributed by atoms with E-state index in [0.717, 1.165) is 18.9 Å². The molecule has 0 bridgehead atoms. The number of nitroso groups, excluding NO2 is 1. The molecule has 1 aromatic carbocycles. The van der Waals surface area contributed by atoms with Crippen LogP contribution in [0.25, 0.3) is 0 Å². The van der Waals surface area contributed by atoms with Gasteiger partial charge < -0.3 is 0 Å². The summed E-state index contributed by atoms with van der Waals surface area (Å²) in [6.07, 6.45) is 8.29. The lowest BCUT2D eigenvalue weighted by Gasteiger charge is -2.37. The largest absolute Gasteiger partial charge is 0.243 e. The monoisotopic (exact) mass is 380 g/mol. The van der Waals surface area contributed by atoms with E-state index >= 15 is 0 Å². The maximum Gasteiger partial charge on any atom is 0.129 e. The Kier molecular flexibility index (Phi) is 7.53. The highest BCUT2D eigenvalue weighted by Crippen LogP contribution is 2.38. The highest BCUT2D eigenvalue weighted by molar-refractivity contribution is 7.97. The Morgan fingerprint density at radius 2 is 2.08 bits per heavy atom. The Balaban J connectivity index is 2.20. The summed E-state index contributed by atoms with van der Waals surface area (Å²) in [5.41, 5.74) is 1.56. The third-order valence-corrected chi connectivity index (χ3v) is 6.29. The summed E-state index contributed by atoms with van der Waals surface area (Å²) >= 11 is 1.69. The molecule has 0 aliphatic carbocycles. The minimum atomic E-state index is -0.899. The molecule has 3 atom stereocenters. The first-order valence-corrected chi connectivity index (χ1v) is 9.77.